The highest BCUT2D eigenvalue weighted by Crippen LogP contribution is 2.19. The van der Waals surface area contributed by atoms with E-state index in [-0.39, 0.29) is 16.6 Å². The van der Waals surface area contributed by atoms with Crippen molar-refractivity contribution < 1.29 is 26.7 Å². The summed E-state index contributed by atoms with van der Waals surface area (Å²) in [7, 11) is -3.62. The molecule has 0 aliphatic heterocycles. The topological polar surface area (TPSA) is 84.5 Å². The summed E-state index contributed by atoms with van der Waals surface area (Å²) in [5.74, 6) is -2.14. The van der Waals surface area contributed by atoms with Gasteiger partial charge in [-0.1, -0.05) is 19.9 Å². The lowest BCUT2D eigenvalue weighted by atomic mass is 10.2. The molecule has 146 valence electrons. The van der Waals surface area contributed by atoms with Crippen molar-refractivity contribution in [1.29, 1.82) is 0 Å². The number of ether oxygens (including phenoxy) is 1. The molecule has 27 heavy (non-hydrogen) atoms. The zero-order chi connectivity index (χ0) is 20.0. The Morgan fingerprint density at radius 2 is 1.67 bits per heavy atom. The van der Waals surface area contributed by atoms with E-state index in [2.05, 4.69) is 10.0 Å². The van der Waals surface area contributed by atoms with E-state index in [0.717, 1.165) is 12.1 Å². The maximum atomic E-state index is 13.5. The first kappa shape index (κ1) is 20.8. The normalized spacial score (nSPS) is 11.4. The average molecular weight is 398 g/mol. The Morgan fingerprint density at radius 3 is 2.22 bits per heavy atom. The van der Waals surface area contributed by atoms with E-state index in [1.807, 2.05) is 13.8 Å². The van der Waals surface area contributed by atoms with Crippen LogP contribution in [0.15, 0.2) is 47.4 Å². The van der Waals surface area contributed by atoms with E-state index in [1.165, 1.54) is 30.3 Å². The standard InChI is InChI=1S/C18H20F2N2O4S/c1-12(2)10-21-27(24,25)14-8-6-13(7-9-14)26-11-17(23)22-18-15(19)4-3-5-16(18)20/h3-9,12,21H,10-11H2,1-2H3,(H,22,23). The second kappa shape index (κ2) is 8.92. The van der Waals surface area contributed by atoms with Crippen LogP contribution in [0.3, 0.4) is 0 Å². The minimum absolute atomic E-state index is 0.0633. The van der Waals surface area contributed by atoms with Crippen molar-refractivity contribution >= 4 is 21.6 Å². The molecule has 9 heteroatoms. The lowest BCUT2D eigenvalue weighted by Crippen LogP contribution is -2.27. The van der Waals surface area contributed by atoms with Crippen molar-refractivity contribution in [2.75, 3.05) is 18.5 Å². The summed E-state index contributed by atoms with van der Waals surface area (Å²) in [6, 6.07) is 8.68. The van der Waals surface area contributed by atoms with Gasteiger partial charge in [0.25, 0.3) is 5.91 Å². The largest absolute Gasteiger partial charge is 0.484 e. The second-order valence-electron chi connectivity index (χ2n) is 6.15. The fourth-order valence-electron chi connectivity index (χ4n) is 2.02. The van der Waals surface area contributed by atoms with E-state index in [1.54, 1.807) is 0 Å². The molecular weight excluding hydrogens is 378 g/mol. The molecule has 0 atom stereocenters. The van der Waals surface area contributed by atoms with Gasteiger partial charge in [0.15, 0.2) is 6.61 Å². The highest BCUT2D eigenvalue weighted by molar-refractivity contribution is 7.89. The molecule has 0 fully saturated rings. The number of sulfonamides is 1. The monoisotopic (exact) mass is 398 g/mol. The summed E-state index contributed by atoms with van der Waals surface area (Å²) < 4.78 is 58.8. The van der Waals surface area contributed by atoms with Gasteiger partial charge in [-0.15, -0.1) is 0 Å². The number of carbonyl (C=O) groups excluding carboxylic acids is 1. The Kier molecular flexibility index (Phi) is 6.86. The average Bonchev–Trinajstić information content (AvgIpc) is 2.62. The van der Waals surface area contributed by atoms with Gasteiger partial charge >= 0.3 is 0 Å². The third-order valence-corrected chi connectivity index (χ3v) is 4.85. The number of benzene rings is 2. The molecule has 2 aromatic rings. The number of hydrogen-bond acceptors (Lipinski definition) is 4. The SMILES string of the molecule is CC(C)CNS(=O)(=O)c1ccc(OCC(=O)Nc2c(F)cccc2F)cc1. The predicted molar refractivity (Wildman–Crippen MR) is 97.0 cm³/mol. The van der Waals surface area contributed by atoms with E-state index in [9.17, 15) is 22.0 Å². The van der Waals surface area contributed by atoms with Gasteiger partial charge in [-0.25, -0.2) is 21.9 Å². The smallest absolute Gasteiger partial charge is 0.262 e. The first-order chi connectivity index (χ1) is 12.7. The molecule has 0 saturated carbocycles. The molecule has 0 heterocycles. The Labute approximate surface area is 156 Å². The second-order valence-corrected chi connectivity index (χ2v) is 7.92. The summed E-state index contributed by atoms with van der Waals surface area (Å²) in [6.07, 6.45) is 0. The highest BCUT2D eigenvalue weighted by atomic mass is 32.2. The number of anilines is 1. The molecule has 6 nitrogen and oxygen atoms in total. The van der Waals surface area contributed by atoms with Crippen molar-refractivity contribution in [1.82, 2.24) is 4.72 Å². The Bertz CT molecular complexity index is 880. The number of amides is 1. The van der Waals surface area contributed by atoms with E-state index in [0.29, 0.717) is 6.54 Å². The molecule has 0 bridgehead atoms. The number of carbonyl (C=O) groups is 1. The summed E-state index contributed by atoms with van der Waals surface area (Å²) in [4.78, 5) is 11.9. The summed E-state index contributed by atoms with van der Waals surface area (Å²) in [5.41, 5.74) is -0.552. The number of rotatable bonds is 8. The third-order valence-electron chi connectivity index (χ3n) is 3.41. The maximum absolute atomic E-state index is 13.5. The van der Waals surface area contributed by atoms with Gasteiger partial charge in [-0.05, 0) is 42.3 Å². The van der Waals surface area contributed by atoms with E-state index < -0.39 is 39.9 Å². The van der Waals surface area contributed by atoms with Crippen molar-refractivity contribution in [2.45, 2.75) is 18.7 Å². The third kappa shape index (κ3) is 6.00. The molecule has 2 N–H and O–H groups in total. The maximum Gasteiger partial charge on any atom is 0.262 e. The van der Waals surface area contributed by atoms with Gasteiger partial charge in [0.2, 0.25) is 10.0 Å². The van der Waals surface area contributed by atoms with Gasteiger partial charge < -0.3 is 10.1 Å². The van der Waals surface area contributed by atoms with Crippen LogP contribution >= 0.6 is 0 Å². The van der Waals surface area contributed by atoms with Crippen LogP contribution in [0.5, 0.6) is 5.75 Å². The Balaban J connectivity index is 1.94. The highest BCUT2D eigenvalue weighted by Gasteiger charge is 2.15. The number of nitrogens with one attached hydrogen (secondary N) is 2. The van der Waals surface area contributed by atoms with Crippen LogP contribution in [0.1, 0.15) is 13.8 Å². The van der Waals surface area contributed by atoms with Crippen LogP contribution in [-0.4, -0.2) is 27.5 Å². The van der Waals surface area contributed by atoms with Gasteiger partial charge in [0.1, 0.15) is 23.1 Å². The molecule has 0 aliphatic carbocycles. The van der Waals surface area contributed by atoms with Crippen LogP contribution in [0.4, 0.5) is 14.5 Å². The van der Waals surface area contributed by atoms with Crippen molar-refractivity contribution in [3.05, 3.63) is 54.1 Å². The molecular formula is C18H20F2N2O4S. The number of hydrogen-bond donors (Lipinski definition) is 2. The predicted octanol–water partition coefficient (Wildman–Crippen LogP) is 2.92. The van der Waals surface area contributed by atoms with E-state index >= 15 is 0 Å². The zero-order valence-corrected chi connectivity index (χ0v) is 15.6. The van der Waals surface area contributed by atoms with Crippen LogP contribution in [-0.2, 0) is 14.8 Å². The minimum atomic E-state index is -3.62. The Hall–Kier alpha value is -2.52. The van der Waals surface area contributed by atoms with Crippen LogP contribution in [0.25, 0.3) is 0 Å². The molecule has 2 aromatic carbocycles. The number of para-hydroxylation sites is 1. The van der Waals surface area contributed by atoms with Crippen LogP contribution in [0, 0.1) is 17.6 Å². The van der Waals surface area contributed by atoms with E-state index in [4.69, 9.17) is 4.74 Å². The lowest BCUT2D eigenvalue weighted by molar-refractivity contribution is -0.118. The molecule has 0 aliphatic rings. The molecule has 2 rings (SSSR count). The molecule has 0 unspecified atom stereocenters. The fraction of sp³-hybridized carbons (Fsp3) is 0.278. The van der Waals surface area contributed by atoms with Crippen molar-refractivity contribution in [2.24, 2.45) is 5.92 Å². The molecule has 0 aromatic heterocycles. The van der Waals surface area contributed by atoms with Gasteiger partial charge in [-0.2, -0.15) is 0 Å². The summed E-state index contributed by atoms with van der Waals surface area (Å²) in [5, 5.41) is 2.09. The summed E-state index contributed by atoms with van der Waals surface area (Å²) in [6.45, 7) is 3.59. The lowest BCUT2D eigenvalue weighted by Gasteiger charge is -2.11. The first-order valence-corrected chi connectivity index (χ1v) is 9.64. The molecule has 0 spiro atoms. The first-order valence-electron chi connectivity index (χ1n) is 8.15. The van der Waals surface area contributed by atoms with Gasteiger partial charge in [0.05, 0.1) is 4.90 Å². The van der Waals surface area contributed by atoms with Gasteiger partial charge in [0, 0.05) is 6.54 Å². The zero-order valence-electron chi connectivity index (χ0n) is 14.8. The van der Waals surface area contributed by atoms with Crippen molar-refractivity contribution in [3.8, 4) is 5.75 Å². The molecule has 0 radical (unpaired) electrons. The fourth-order valence-corrected chi connectivity index (χ4v) is 3.23. The molecule has 0 saturated heterocycles. The molecule has 1 amide bonds. The quantitative estimate of drug-likeness (QED) is 0.716. The van der Waals surface area contributed by atoms with Crippen LogP contribution < -0.4 is 14.8 Å². The summed E-state index contributed by atoms with van der Waals surface area (Å²) >= 11 is 0. The minimum Gasteiger partial charge on any atom is -0.484 e. The van der Waals surface area contributed by atoms with Gasteiger partial charge in [-0.3, -0.25) is 4.79 Å². The number of halogens is 2. The Morgan fingerprint density at radius 1 is 1.07 bits per heavy atom. The van der Waals surface area contributed by atoms with Crippen LogP contribution in [0.2, 0.25) is 0 Å². The van der Waals surface area contributed by atoms with Crippen molar-refractivity contribution in [3.63, 3.8) is 0 Å².